The van der Waals surface area contributed by atoms with Crippen LogP contribution in [0.15, 0.2) is 53.1 Å². The summed E-state index contributed by atoms with van der Waals surface area (Å²) in [6.45, 7) is 1.79. The molecule has 0 amide bonds. The number of nitrogens with zero attached hydrogens (tertiary/aromatic N) is 3. The molecule has 3 heterocycles. The van der Waals surface area contributed by atoms with Crippen molar-refractivity contribution >= 4 is 11.0 Å². The van der Waals surface area contributed by atoms with Crippen molar-refractivity contribution in [3.63, 3.8) is 0 Å². The van der Waals surface area contributed by atoms with Gasteiger partial charge in [0.1, 0.15) is 5.65 Å². The molecule has 0 radical (unpaired) electrons. The molecule has 0 fully saturated rings. The zero-order valence-electron chi connectivity index (χ0n) is 12.8. The number of hydrogen-bond donors (Lipinski definition) is 1. The largest absolute Gasteiger partial charge is 0.421 e. The minimum Gasteiger partial charge on any atom is -0.421 e. The van der Waals surface area contributed by atoms with E-state index in [0.29, 0.717) is 11.8 Å². The van der Waals surface area contributed by atoms with Gasteiger partial charge in [-0.2, -0.15) is 0 Å². The van der Waals surface area contributed by atoms with Gasteiger partial charge < -0.3 is 9.40 Å². The number of H-pyrrole nitrogens is 1. The predicted molar refractivity (Wildman–Crippen MR) is 88.0 cm³/mol. The highest BCUT2D eigenvalue weighted by Gasteiger charge is 2.13. The second-order valence-corrected chi connectivity index (χ2v) is 5.53. The van der Waals surface area contributed by atoms with Gasteiger partial charge in [0.05, 0.1) is 5.56 Å². The molecule has 4 rings (SSSR count). The van der Waals surface area contributed by atoms with Gasteiger partial charge in [-0.1, -0.05) is 30.3 Å². The van der Waals surface area contributed by atoms with Crippen LogP contribution in [-0.2, 0) is 12.8 Å². The first-order valence-electron chi connectivity index (χ1n) is 7.60. The third-order valence-corrected chi connectivity index (χ3v) is 3.87. The first-order valence-corrected chi connectivity index (χ1v) is 7.60. The average molecular weight is 304 g/mol. The Morgan fingerprint density at radius 2 is 1.91 bits per heavy atom. The van der Waals surface area contributed by atoms with Crippen molar-refractivity contribution < 1.29 is 4.42 Å². The van der Waals surface area contributed by atoms with E-state index in [1.165, 1.54) is 5.56 Å². The molecule has 0 bridgehead atoms. The van der Waals surface area contributed by atoms with E-state index in [4.69, 9.17) is 4.42 Å². The second kappa shape index (κ2) is 5.68. The zero-order chi connectivity index (χ0) is 15.6. The molecule has 0 aliphatic heterocycles. The Bertz CT molecular complexity index is 940. The molecule has 114 valence electrons. The molecule has 0 saturated carbocycles. The maximum atomic E-state index is 5.55. The quantitative estimate of drug-likeness (QED) is 0.624. The van der Waals surface area contributed by atoms with Crippen LogP contribution in [0.3, 0.4) is 0 Å². The molecular weight excluding hydrogens is 288 g/mol. The van der Waals surface area contributed by atoms with Crippen molar-refractivity contribution in [2.45, 2.75) is 19.8 Å². The molecule has 0 saturated heterocycles. The molecule has 1 N–H and O–H groups in total. The number of hydrogen-bond acceptors (Lipinski definition) is 4. The van der Waals surface area contributed by atoms with E-state index in [9.17, 15) is 0 Å². The molecule has 1 aromatic carbocycles. The highest BCUT2D eigenvalue weighted by Crippen LogP contribution is 2.27. The molecule has 0 atom stereocenters. The van der Waals surface area contributed by atoms with Crippen LogP contribution >= 0.6 is 0 Å². The van der Waals surface area contributed by atoms with Crippen LogP contribution in [-0.4, -0.2) is 20.2 Å². The molecule has 4 aromatic rings. The fourth-order valence-corrected chi connectivity index (χ4v) is 2.73. The number of benzene rings is 1. The van der Waals surface area contributed by atoms with Crippen LogP contribution in [0.25, 0.3) is 22.5 Å². The van der Waals surface area contributed by atoms with Crippen molar-refractivity contribution in [2.75, 3.05) is 0 Å². The smallest absolute Gasteiger partial charge is 0.248 e. The van der Waals surface area contributed by atoms with Crippen molar-refractivity contribution in [1.82, 2.24) is 20.2 Å². The van der Waals surface area contributed by atoms with Crippen molar-refractivity contribution in [1.29, 1.82) is 0 Å². The summed E-state index contributed by atoms with van der Waals surface area (Å²) < 4.78 is 5.55. The Morgan fingerprint density at radius 3 is 2.70 bits per heavy atom. The highest BCUT2D eigenvalue weighted by atomic mass is 16.4. The summed E-state index contributed by atoms with van der Waals surface area (Å²) in [4.78, 5) is 7.79. The third-order valence-electron chi connectivity index (χ3n) is 3.87. The van der Waals surface area contributed by atoms with Gasteiger partial charge in [0, 0.05) is 24.2 Å². The van der Waals surface area contributed by atoms with Crippen LogP contribution in [0.2, 0.25) is 0 Å². The summed E-state index contributed by atoms with van der Waals surface area (Å²) in [5, 5.41) is 9.03. The Hall–Kier alpha value is -2.95. The summed E-state index contributed by atoms with van der Waals surface area (Å²) in [5.74, 6) is 1.09. The van der Waals surface area contributed by atoms with Gasteiger partial charge in [0.25, 0.3) is 0 Å². The first kappa shape index (κ1) is 13.7. The van der Waals surface area contributed by atoms with Gasteiger partial charge in [-0.05, 0) is 30.5 Å². The second-order valence-electron chi connectivity index (χ2n) is 5.53. The van der Waals surface area contributed by atoms with Gasteiger partial charge >= 0.3 is 0 Å². The lowest BCUT2D eigenvalue weighted by Gasteiger charge is -1.98. The van der Waals surface area contributed by atoms with E-state index in [1.54, 1.807) is 13.1 Å². The van der Waals surface area contributed by atoms with Gasteiger partial charge in [-0.3, -0.25) is 0 Å². The number of pyridine rings is 1. The maximum Gasteiger partial charge on any atom is 0.248 e. The van der Waals surface area contributed by atoms with Crippen LogP contribution in [0.4, 0.5) is 0 Å². The van der Waals surface area contributed by atoms with E-state index in [2.05, 4.69) is 50.5 Å². The van der Waals surface area contributed by atoms with Crippen molar-refractivity contribution in [3.05, 3.63) is 65.8 Å². The normalized spacial score (nSPS) is 11.2. The summed E-state index contributed by atoms with van der Waals surface area (Å²) in [7, 11) is 0. The van der Waals surface area contributed by atoms with Crippen LogP contribution in [0.1, 0.15) is 17.1 Å². The number of aromatic amines is 1. The lowest BCUT2D eigenvalue weighted by molar-refractivity contribution is 0.533. The lowest BCUT2D eigenvalue weighted by atomic mass is 10.1. The van der Waals surface area contributed by atoms with E-state index in [-0.39, 0.29) is 0 Å². The summed E-state index contributed by atoms with van der Waals surface area (Å²) >= 11 is 0. The lowest BCUT2D eigenvalue weighted by Crippen LogP contribution is -1.90. The third kappa shape index (κ3) is 2.73. The monoisotopic (exact) mass is 304 g/mol. The number of nitrogens with one attached hydrogen (secondary N) is 1. The number of aryl methyl sites for hydroxylation is 3. The van der Waals surface area contributed by atoms with E-state index < -0.39 is 0 Å². The Kier molecular flexibility index (Phi) is 3.38. The van der Waals surface area contributed by atoms with E-state index in [1.807, 2.05) is 12.1 Å². The van der Waals surface area contributed by atoms with Crippen LogP contribution < -0.4 is 0 Å². The van der Waals surface area contributed by atoms with E-state index >= 15 is 0 Å². The molecule has 5 heteroatoms. The fourth-order valence-electron chi connectivity index (χ4n) is 2.73. The van der Waals surface area contributed by atoms with Crippen LogP contribution in [0.5, 0.6) is 0 Å². The Labute approximate surface area is 133 Å². The van der Waals surface area contributed by atoms with Gasteiger partial charge in [-0.15, -0.1) is 10.2 Å². The van der Waals surface area contributed by atoms with Crippen molar-refractivity contribution in [2.24, 2.45) is 0 Å². The predicted octanol–water partition coefficient (Wildman–Crippen LogP) is 3.71. The SMILES string of the molecule is Cc1nnc(-c2ccnc3[nH]c(CCc4ccccc4)cc23)o1. The highest BCUT2D eigenvalue weighted by molar-refractivity contribution is 5.91. The molecular formula is C18H16N4O. The summed E-state index contributed by atoms with van der Waals surface area (Å²) in [5.41, 5.74) is 4.24. The first-order chi connectivity index (χ1) is 11.3. The minimum atomic E-state index is 0.531. The Balaban J connectivity index is 1.65. The molecule has 0 spiro atoms. The van der Waals surface area contributed by atoms with E-state index in [0.717, 1.165) is 35.1 Å². The summed E-state index contributed by atoms with van der Waals surface area (Å²) in [6, 6.07) is 14.5. The standard InChI is InChI=1S/C18H16N4O/c1-12-21-22-18(23-12)15-9-10-19-17-16(15)11-14(20-17)8-7-13-5-3-2-4-6-13/h2-6,9-11H,7-8H2,1H3,(H,19,20). The van der Waals surface area contributed by atoms with Gasteiger partial charge in [0.2, 0.25) is 11.8 Å². The van der Waals surface area contributed by atoms with Crippen molar-refractivity contribution in [3.8, 4) is 11.5 Å². The summed E-state index contributed by atoms with van der Waals surface area (Å²) in [6.07, 6.45) is 3.68. The molecule has 0 aliphatic rings. The van der Waals surface area contributed by atoms with Gasteiger partial charge in [0.15, 0.2) is 0 Å². The molecule has 23 heavy (non-hydrogen) atoms. The van der Waals surface area contributed by atoms with Crippen LogP contribution in [0, 0.1) is 6.92 Å². The molecule has 0 unspecified atom stereocenters. The maximum absolute atomic E-state index is 5.55. The number of fused-ring (bicyclic) bond motifs is 1. The minimum absolute atomic E-state index is 0.531. The number of rotatable bonds is 4. The Morgan fingerprint density at radius 1 is 1.04 bits per heavy atom. The molecule has 5 nitrogen and oxygen atoms in total. The van der Waals surface area contributed by atoms with Gasteiger partial charge in [-0.25, -0.2) is 4.98 Å². The average Bonchev–Trinajstić information content (AvgIpc) is 3.19. The molecule has 0 aliphatic carbocycles. The topological polar surface area (TPSA) is 67.6 Å². The number of aromatic nitrogens is 4. The fraction of sp³-hybridized carbons (Fsp3) is 0.167. The molecule has 3 aromatic heterocycles. The zero-order valence-corrected chi connectivity index (χ0v) is 12.8.